The summed E-state index contributed by atoms with van der Waals surface area (Å²) < 4.78 is 9.32. The Morgan fingerprint density at radius 3 is 2.80 bits per heavy atom. The highest BCUT2D eigenvalue weighted by Crippen LogP contribution is 2.24. The van der Waals surface area contributed by atoms with Crippen LogP contribution in [-0.2, 0) is 4.74 Å². The number of nitrogens with two attached hydrogens (primary N) is 1. The van der Waals surface area contributed by atoms with E-state index < -0.39 is 11.9 Å². The van der Waals surface area contributed by atoms with Crippen molar-refractivity contribution in [1.29, 1.82) is 0 Å². The van der Waals surface area contributed by atoms with Crippen LogP contribution in [0.4, 0.5) is 11.7 Å². The number of methoxy groups -OCH3 is 1. The molecule has 20 heavy (non-hydrogen) atoms. The number of hydrogen-bond donors (Lipinski definition) is 2. The Morgan fingerprint density at radius 1 is 1.45 bits per heavy atom. The molecular weight excluding hydrogens is 286 g/mol. The molecule has 1 aromatic heterocycles. The van der Waals surface area contributed by atoms with Gasteiger partial charge >= 0.3 is 5.97 Å². The summed E-state index contributed by atoms with van der Waals surface area (Å²) in [6.45, 7) is 0. The van der Waals surface area contributed by atoms with Gasteiger partial charge in [-0.25, -0.2) is 4.79 Å². The molecule has 2 rings (SSSR count). The van der Waals surface area contributed by atoms with Gasteiger partial charge in [-0.1, -0.05) is 11.6 Å². The van der Waals surface area contributed by atoms with E-state index in [1.165, 1.54) is 25.3 Å². The van der Waals surface area contributed by atoms with Crippen molar-refractivity contribution in [3.8, 4) is 0 Å². The first-order chi connectivity index (χ1) is 9.51. The van der Waals surface area contributed by atoms with E-state index in [9.17, 15) is 9.59 Å². The van der Waals surface area contributed by atoms with Crippen molar-refractivity contribution >= 4 is 35.2 Å². The minimum Gasteiger partial charge on any atom is -0.465 e. The van der Waals surface area contributed by atoms with Crippen LogP contribution in [-0.4, -0.2) is 24.0 Å². The quantitative estimate of drug-likeness (QED) is 0.838. The SMILES string of the molecule is COC(=O)c1ccc(Cl)c(NC(=O)c2coc(N)n2)c1. The summed E-state index contributed by atoms with van der Waals surface area (Å²) >= 11 is 5.95. The lowest BCUT2D eigenvalue weighted by Gasteiger charge is -2.07. The Balaban J connectivity index is 2.24. The fourth-order valence-corrected chi connectivity index (χ4v) is 1.61. The van der Waals surface area contributed by atoms with Gasteiger partial charge in [-0.05, 0) is 18.2 Å². The number of halogens is 1. The van der Waals surface area contributed by atoms with Crippen molar-refractivity contribution < 1.29 is 18.7 Å². The van der Waals surface area contributed by atoms with Gasteiger partial charge in [0.2, 0.25) is 0 Å². The van der Waals surface area contributed by atoms with Crippen LogP contribution in [0.25, 0.3) is 0 Å². The topological polar surface area (TPSA) is 107 Å². The average molecular weight is 296 g/mol. The molecule has 0 aliphatic rings. The number of nitrogens with one attached hydrogen (secondary N) is 1. The number of esters is 1. The summed E-state index contributed by atoms with van der Waals surface area (Å²) in [5, 5.41) is 2.77. The van der Waals surface area contributed by atoms with Gasteiger partial charge in [-0.2, -0.15) is 4.98 Å². The number of ether oxygens (including phenoxy) is 1. The van der Waals surface area contributed by atoms with E-state index in [2.05, 4.69) is 15.0 Å². The van der Waals surface area contributed by atoms with E-state index in [0.29, 0.717) is 0 Å². The highest BCUT2D eigenvalue weighted by Gasteiger charge is 2.15. The maximum Gasteiger partial charge on any atom is 0.337 e. The molecule has 0 aliphatic heterocycles. The normalized spacial score (nSPS) is 10.1. The first-order valence-electron chi connectivity index (χ1n) is 5.41. The second-order valence-electron chi connectivity index (χ2n) is 3.71. The summed E-state index contributed by atoms with van der Waals surface area (Å²) in [5.74, 6) is -1.10. The van der Waals surface area contributed by atoms with E-state index in [0.717, 1.165) is 6.26 Å². The van der Waals surface area contributed by atoms with Crippen LogP contribution in [0, 0.1) is 0 Å². The maximum atomic E-state index is 11.9. The Hall–Kier alpha value is -2.54. The molecule has 2 aromatic rings. The van der Waals surface area contributed by atoms with Crippen molar-refractivity contribution in [1.82, 2.24) is 4.98 Å². The van der Waals surface area contributed by atoms with Gasteiger partial charge in [0.15, 0.2) is 5.69 Å². The van der Waals surface area contributed by atoms with Crippen molar-refractivity contribution in [2.45, 2.75) is 0 Å². The number of nitrogen functional groups attached to an aromatic ring is 1. The molecule has 0 bridgehead atoms. The van der Waals surface area contributed by atoms with Gasteiger partial charge in [0.25, 0.3) is 11.9 Å². The van der Waals surface area contributed by atoms with Crippen LogP contribution in [0.5, 0.6) is 0 Å². The largest absolute Gasteiger partial charge is 0.465 e. The first-order valence-corrected chi connectivity index (χ1v) is 5.79. The monoisotopic (exact) mass is 295 g/mol. The molecule has 1 amide bonds. The fraction of sp³-hybridized carbons (Fsp3) is 0.0833. The Labute approximate surface area is 118 Å². The van der Waals surface area contributed by atoms with Crippen LogP contribution in [0.15, 0.2) is 28.9 Å². The number of hydrogen-bond acceptors (Lipinski definition) is 6. The first kappa shape index (κ1) is 13.9. The third-order valence-corrected chi connectivity index (χ3v) is 2.72. The van der Waals surface area contributed by atoms with E-state index in [4.69, 9.17) is 21.8 Å². The molecule has 0 saturated heterocycles. The molecule has 0 unspecified atom stereocenters. The number of nitrogens with zero attached hydrogens (tertiary/aromatic N) is 1. The van der Waals surface area contributed by atoms with Crippen LogP contribution >= 0.6 is 11.6 Å². The van der Waals surface area contributed by atoms with Crippen LogP contribution in [0.1, 0.15) is 20.8 Å². The number of benzene rings is 1. The van der Waals surface area contributed by atoms with Gasteiger partial charge in [0, 0.05) is 0 Å². The summed E-state index contributed by atoms with van der Waals surface area (Å²) in [6, 6.07) is 4.23. The number of carbonyl (C=O) groups is 2. The molecular formula is C12H10ClN3O4. The highest BCUT2D eigenvalue weighted by molar-refractivity contribution is 6.34. The van der Waals surface area contributed by atoms with Gasteiger partial charge in [-0.15, -0.1) is 0 Å². The number of amides is 1. The van der Waals surface area contributed by atoms with Crippen LogP contribution < -0.4 is 11.1 Å². The summed E-state index contributed by atoms with van der Waals surface area (Å²) in [6.07, 6.45) is 1.11. The van der Waals surface area contributed by atoms with Crippen molar-refractivity contribution in [2.24, 2.45) is 0 Å². The molecule has 0 aliphatic carbocycles. The molecule has 0 radical (unpaired) electrons. The zero-order valence-corrected chi connectivity index (χ0v) is 11.1. The third kappa shape index (κ3) is 2.89. The highest BCUT2D eigenvalue weighted by atomic mass is 35.5. The molecule has 1 heterocycles. The van der Waals surface area contributed by atoms with Gasteiger partial charge in [0.05, 0.1) is 23.4 Å². The predicted molar refractivity (Wildman–Crippen MR) is 71.7 cm³/mol. The van der Waals surface area contributed by atoms with E-state index >= 15 is 0 Å². The second kappa shape index (κ2) is 5.62. The molecule has 3 N–H and O–H groups in total. The fourth-order valence-electron chi connectivity index (χ4n) is 1.44. The molecule has 1 aromatic carbocycles. The van der Waals surface area contributed by atoms with Gasteiger partial charge in [-0.3, -0.25) is 4.79 Å². The standard InChI is InChI=1S/C12H10ClN3O4/c1-19-11(18)6-2-3-7(13)8(4-6)15-10(17)9-5-20-12(14)16-9/h2-5H,1H3,(H2,14,16)(H,15,17). The Morgan fingerprint density at radius 2 is 2.20 bits per heavy atom. The lowest BCUT2D eigenvalue weighted by atomic mass is 10.2. The van der Waals surface area contributed by atoms with Gasteiger partial charge in [0.1, 0.15) is 6.26 Å². The maximum absolute atomic E-state index is 11.9. The minimum atomic E-state index is -0.561. The van der Waals surface area contributed by atoms with Crippen LogP contribution in [0.2, 0.25) is 5.02 Å². The summed E-state index contributed by atoms with van der Waals surface area (Å²) in [5.41, 5.74) is 5.79. The Kier molecular flexibility index (Phi) is 3.90. The van der Waals surface area contributed by atoms with E-state index in [-0.39, 0.29) is 28.0 Å². The molecule has 0 spiro atoms. The van der Waals surface area contributed by atoms with Crippen molar-refractivity contribution in [3.05, 3.63) is 40.7 Å². The number of aromatic nitrogens is 1. The Bertz CT molecular complexity index is 668. The van der Waals surface area contributed by atoms with E-state index in [1.54, 1.807) is 0 Å². The number of anilines is 2. The molecule has 104 valence electrons. The van der Waals surface area contributed by atoms with E-state index in [1.807, 2.05) is 0 Å². The van der Waals surface area contributed by atoms with Crippen LogP contribution in [0.3, 0.4) is 0 Å². The predicted octanol–water partition coefficient (Wildman–Crippen LogP) is 1.95. The summed E-state index contributed by atoms with van der Waals surface area (Å²) in [4.78, 5) is 27.0. The number of oxazole rings is 1. The zero-order valence-electron chi connectivity index (χ0n) is 10.3. The number of carbonyl (C=O) groups excluding carboxylic acids is 2. The van der Waals surface area contributed by atoms with Crippen molar-refractivity contribution in [3.63, 3.8) is 0 Å². The molecule has 0 fully saturated rings. The lowest BCUT2D eigenvalue weighted by Crippen LogP contribution is -2.13. The molecule has 8 heteroatoms. The van der Waals surface area contributed by atoms with Crippen molar-refractivity contribution in [2.75, 3.05) is 18.2 Å². The lowest BCUT2D eigenvalue weighted by molar-refractivity contribution is 0.0600. The third-order valence-electron chi connectivity index (χ3n) is 2.39. The average Bonchev–Trinajstić information content (AvgIpc) is 2.87. The summed E-state index contributed by atoms with van der Waals surface area (Å²) in [7, 11) is 1.26. The zero-order chi connectivity index (χ0) is 14.7. The smallest absolute Gasteiger partial charge is 0.337 e. The second-order valence-corrected chi connectivity index (χ2v) is 4.12. The molecule has 7 nitrogen and oxygen atoms in total. The molecule has 0 saturated carbocycles. The number of rotatable bonds is 3. The minimum absolute atomic E-state index is 0.00189. The van der Waals surface area contributed by atoms with Gasteiger partial charge < -0.3 is 20.2 Å². The molecule has 0 atom stereocenters.